The van der Waals surface area contributed by atoms with E-state index >= 15 is 0 Å². The summed E-state index contributed by atoms with van der Waals surface area (Å²) in [5.74, 6) is 2.13. The minimum atomic E-state index is 0.213. The first-order valence-electron chi connectivity index (χ1n) is 7.44. The van der Waals surface area contributed by atoms with E-state index in [2.05, 4.69) is 48.8 Å². The first-order valence-corrected chi connectivity index (χ1v) is 8.32. The molecule has 21 heavy (non-hydrogen) atoms. The molecule has 0 bridgehead atoms. The molecule has 0 spiro atoms. The van der Waals surface area contributed by atoms with E-state index in [9.17, 15) is 0 Å². The van der Waals surface area contributed by atoms with Crippen molar-refractivity contribution in [2.24, 2.45) is 5.92 Å². The quantitative estimate of drug-likeness (QED) is 0.930. The van der Waals surface area contributed by atoms with Crippen LogP contribution in [-0.4, -0.2) is 19.8 Å². The maximum absolute atomic E-state index is 5.90. The van der Waals surface area contributed by atoms with Crippen molar-refractivity contribution in [2.75, 3.05) is 19.8 Å². The Hall–Kier alpha value is -1.52. The highest BCUT2D eigenvalue weighted by atomic mass is 32.1. The van der Waals surface area contributed by atoms with Crippen molar-refractivity contribution in [3.63, 3.8) is 0 Å². The summed E-state index contributed by atoms with van der Waals surface area (Å²) in [6.07, 6.45) is 0. The van der Waals surface area contributed by atoms with Crippen molar-refractivity contribution >= 4 is 11.3 Å². The van der Waals surface area contributed by atoms with Crippen LogP contribution >= 0.6 is 11.3 Å². The van der Waals surface area contributed by atoms with Gasteiger partial charge in [-0.3, -0.25) is 0 Å². The lowest BCUT2D eigenvalue weighted by Gasteiger charge is -2.18. The number of hydrogen-bond donors (Lipinski definition) is 1. The molecule has 0 amide bonds. The molecule has 2 aromatic rings. The maximum Gasteiger partial charge on any atom is 0.161 e. The summed E-state index contributed by atoms with van der Waals surface area (Å²) in [4.78, 5) is 1.32. The topological polar surface area (TPSA) is 30.5 Å². The molecule has 2 atom stereocenters. The average molecular weight is 303 g/mol. The summed E-state index contributed by atoms with van der Waals surface area (Å²) in [6, 6.07) is 10.7. The lowest BCUT2D eigenvalue weighted by molar-refractivity contribution is 0.228. The Morgan fingerprint density at radius 3 is 2.76 bits per heavy atom. The van der Waals surface area contributed by atoms with Gasteiger partial charge in [0.15, 0.2) is 11.5 Å². The molecule has 0 saturated carbocycles. The molecule has 0 aliphatic carbocycles. The molecule has 1 aliphatic rings. The van der Waals surface area contributed by atoms with E-state index in [4.69, 9.17) is 9.47 Å². The fourth-order valence-electron chi connectivity index (χ4n) is 2.49. The zero-order valence-corrected chi connectivity index (χ0v) is 13.3. The predicted molar refractivity (Wildman–Crippen MR) is 86.4 cm³/mol. The van der Waals surface area contributed by atoms with E-state index in [1.165, 1.54) is 10.4 Å². The molecule has 0 radical (unpaired) electrons. The van der Waals surface area contributed by atoms with Crippen LogP contribution in [-0.2, 0) is 0 Å². The van der Waals surface area contributed by atoms with Crippen LogP contribution in [0.15, 0.2) is 35.7 Å². The molecule has 3 rings (SSSR count). The number of rotatable bonds is 4. The normalized spacial score (nSPS) is 19.0. The second-order valence-corrected chi connectivity index (χ2v) is 6.42. The third kappa shape index (κ3) is 3.22. The predicted octanol–water partition coefficient (Wildman–Crippen LogP) is 3.85. The van der Waals surface area contributed by atoms with E-state index in [0.717, 1.165) is 18.0 Å². The molecule has 1 N–H and O–H groups in total. The molecule has 0 saturated heterocycles. The Balaban J connectivity index is 1.91. The van der Waals surface area contributed by atoms with Gasteiger partial charge in [0.05, 0.1) is 19.3 Å². The second-order valence-electron chi connectivity index (χ2n) is 5.44. The molecule has 2 unspecified atom stereocenters. The number of fused-ring (bicyclic) bond motifs is 1. The Morgan fingerprint density at radius 2 is 2.05 bits per heavy atom. The fraction of sp³-hybridized carbons (Fsp3) is 0.412. The minimum Gasteiger partial charge on any atom is -0.489 e. The number of ether oxygens (including phenoxy) is 2. The maximum atomic E-state index is 5.90. The lowest BCUT2D eigenvalue weighted by Crippen LogP contribution is -2.21. The van der Waals surface area contributed by atoms with E-state index in [1.807, 2.05) is 6.07 Å². The van der Waals surface area contributed by atoms with Gasteiger partial charge in [0.1, 0.15) is 0 Å². The third-order valence-corrected chi connectivity index (χ3v) is 4.52. The highest BCUT2D eigenvalue weighted by Gasteiger charge is 2.19. The van der Waals surface area contributed by atoms with E-state index in [0.29, 0.717) is 19.1 Å². The first kappa shape index (κ1) is 14.4. The van der Waals surface area contributed by atoms with Gasteiger partial charge in [-0.25, -0.2) is 0 Å². The largest absolute Gasteiger partial charge is 0.489 e. The van der Waals surface area contributed by atoms with Crippen molar-refractivity contribution in [1.82, 2.24) is 5.32 Å². The average Bonchev–Trinajstić information content (AvgIpc) is 2.96. The smallest absolute Gasteiger partial charge is 0.161 e. The summed E-state index contributed by atoms with van der Waals surface area (Å²) in [6.45, 7) is 6.62. The van der Waals surface area contributed by atoms with Crippen LogP contribution in [0.4, 0.5) is 0 Å². The number of benzene rings is 1. The van der Waals surface area contributed by atoms with E-state index in [1.54, 1.807) is 11.3 Å². The standard InChI is InChI=1S/C17H21NO2S/c1-3-18-17(16-5-4-8-21-16)13-6-7-14-15(9-13)20-11-12(2)10-19-14/h4-9,12,17-18H,3,10-11H2,1-2H3. The summed E-state index contributed by atoms with van der Waals surface area (Å²) in [5.41, 5.74) is 1.22. The molecule has 4 heteroatoms. The monoisotopic (exact) mass is 303 g/mol. The van der Waals surface area contributed by atoms with Crippen LogP contribution in [0.2, 0.25) is 0 Å². The van der Waals surface area contributed by atoms with Crippen molar-refractivity contribution in [3.05, 3.63) is 46.2 Å². The van der Waals surface area contributed by atoms with Crippen LogP contribution in [0.5, 0.6) is 11.5 Å². The van der Waals surface area contributed by atoms with Gasteiger partial charge < -0.3 is 14.8 Å². The molecular weight excluding hydrogens is 282 g/mol. The fourth-order valence-corrected chi connectivity index (χ4v) is 3.32. The molecule has 0 fully saturated rings. The first-order chi connectivity index (χ1) is 10.3. The van der Waals surface area contributed by atoms with Gasteiger partial charge in [-0.15, -0.1) is 11.3 Å². The van der Waals surface area contributed by atoms with E-state index in [-0.39, 0.29) is 6.04 Å². The molecule has 1 aromatic carbocycles. The second kappa shape index (κ2) is 6.50. The van der Waals surface area contributed by atoms with Crippen molar-refractivity contribution < 1.29 is 9.47 Å². The van der Waals surface area contributed by atoms with Gasteiger partial charge in [0, 0.05) is 10.8 Å². The van der Waals surface area contributed by atoms with E-state index < -0.39 is 0 Å². The van der Waals surface area contributed by atoms with Crippen LogP contribution in [0.1, 0.15) is 30.3 Å². The third-order valence-electron chi connectivity index (χ3n) is 3.58. The number of thiophene rings is 1. The molecule has 1 aromatic heterocycles. The number of nitrogens with one attached hydrogen (secondary N) is 1. The van der Waals surface area contributed by atoms with Gasteiger partial charge in [0.25, 0.3) is 0 Å². The Labute approximate surface area is 129 Å². The zero-order chi connectivity index (χ0) is 14.7. The van der Waals surface area contributed by atoms with Crippen LogP contribution < -0.4 is 14.8 Å². The van der Waals surface area contributed by atoms with Gasteiger partial charge >= 0.3 is 0 Å². The van der Waals surface area contributed by atoms with Crippen molar-refractivity contribution in [3.8, 4) is 11.5 Å². The molecule has 3 nitrogen and oxygen atoms in total. The summed E-state index contributed by atoms with van der Waals surface area (Å²) in [7, 11) is 0. The Kier molecular flexibility index (Phi) is 4.46. The van der Waals surface area contributed by atoms with Crippen LogP contribution in [0, 0.1) is 5.92 Å². The SMILES string of the molecule is CCNC(c1ccc2c(c1)OCC(C)CO2)c1cccs1. The van der Waals surface area contributed by atoms with Crippen molar-refractivity contribution in [1.29, 1.82) is 0 Å². The van der Waals surface area contributed by atoms with Gasteiger partial charge in [-0.2, -0.15) is 0 Å². The van der Waals surface area contributed by atoms with Gasteiger partial charge in [-0.1, -0.05) is 26.0 Å². The molecule has 112 valence electrons. The highest BCUT2D eigenvalue weighted by Crippen LogP contribution is 2.35. The van der Waals surface area contributed by atoms with Crippen LogP contribution in [0.3, 0.4) is 0 Å². The minimum absolute atomic E-state index is 0.213. The van der Waals surface area contributed by atoms with Gasteiger partial charge in [-0.05, 0) is 35.7 Å². The molecule has 2 heterocycles. The van der Waals surface area contributed by atoms with Crippen molar-refractivity contribution in [2.45, 2.75) is 19.9 Å². The summed E-state index contributed by atoms with van der Waals surface area (Å²) >= 11 is 1.77. The molecule has 1 aliphatic heterocycles. The number of hydrogen-bond acceptors (Lipinski definition) is 4. The summed E-state index contributed by atoms with van der Waals surface area (Å²) < 4.78 is 11.7. The Bertz CT molecular complexity index is 582. The molecular formula is C17H21NO2S. The summed E-state index contributed by atoms with van der Waals surface area (Å²) in [5, 5.41) is 5.66. The van der Waals surface area contributed by atoms with Crippen LogP contribution in [0.25, 0.3) is 0 Å². The Morgan fingerprint density at radius 1 is 1.24 bits per heavy atom. The highest BCUT2D eigenvalue weighted by molar-refractivity contribution is 7.10. The van der Waals surface area contributed by atoms with Gasteiger partial charge in [0.2, 0.25) is 0 Å². The lowest BCUT2D eigenvalue weighted by atomic mass is 10.0. The zero-order valence-electron chi connectivity index (χ0n) is 12.5.